The van der Waals surface area contributed by atoms with Crippen molar-refractivity contribution >= 4 is 0 Å². The van der Waals surface area contributed by atoms with Crippen LogP contribution in [0.4, 0.5) is 4.39 Å². The van der Waals surface area contributed by atoms with Gasteiger partial charge >= 0.3 is 0 Å². The third kappa shape index (κ3) is 5.75. The number of benzene rings is 2. The molecule has 28 heavy (non-hydrogen) atoms. The molecule has 3 rings (SSSR count). The normalized spacial score (nSPS) is 18.3. The molecule has 0 bridgehead atoms. The van der Waals surface area contributed by atoms with Crippen molar-refractivity contribution in [1.29, 1.82) is 0 Å². The zero-order valence-electron chi connectivity index (χ0n) is 16.1. The molecular weight excluding hydrogens is 359 g/mol. The molecule has 1 aliphatic heterocycles. The summed E-state index contributed by atoms with van der Waals surface area (Å²) in [5, 5.41) is 18.4. The Labute approximate surface area is 166 Å². The van der Waals surface area contributed by atoms with Gasteiger partial charge in [0.15, 0.2) is 0 Å². The maximum Gasteiger partial charge on any atom is 0.127 e. The number of nitrogens with zero attached hydrogens (tertiary/aromatic N) is 2. The van der Waals surface area contributed by atoms with Crippen LogP contribution in [0.3, 0.4) is 0 Å². The number of hydrogen-bond donors (Lipinski definition) is 2. The second-order valence-corrected chi connectivity index (χ2v) is 7.18. The number of rotatable bonds is 9. The van der Waals surface area contributed by atoms with E-state index < -0.39 is 0 Å². The van der Waals surface area contributed by atoms with Crippen LogP contribution in [0, 0.1) is 5.82 Å². The lowest BCUT2D eigenvalue weighted by Crippen LogP contribution is -2.52. The summed E-state index contributed by atoms with van der Waals surface area (Å²) in [7, 11) is 0. The highest BCUT2D eigenvalue weighted by Crippen LogP contribution is 2.21. The predicted molar refractivity (Wildman–Crippen MR) is 107 cm³/mol. The lowest BCUT2D eigenvalue weighted by molar-refractivity contribution is 0.0492. The minimum atomic E-state index is -0.174. The molecule has 0 amide bonds. The maximum atomic E-state index is 14.0. The molecule has 0 unspecified atom stereocenters. The minimum Gasteiger partial charge on any atom is -0.491 e. The molecule has 0 radical (unpaired) electrons. The molecule has 6 heteroatoms. The van der Waals surface area contributed by atoms with Crippen molar-refractivity contribution in [1.82, 2.24) is 9.80 Å². The first-order valence-corrected chi connectivity index (χ1v) is 9.83. The Hall–Kier alpha value is -1.99. The first-order valence-electron chi connectivity index (χ1n) is 9.83. The number of ether oxygens (including phenoxy) is 1. The van der Waals surface area contributed by atoms with Crippen molar-refractivity contribution in [3.8, 4) is 5.75 Å². The van der Waals surface area contributed by atoms with Gasteiger partial charge in [0.2, 0.25) is 0 Å². The van der Waals surface area contributed by atoms with E-state index in [1.807, 2.05) is 30.3 Å². The van der Waals surface area contributed by atoms with Gasteiger partial charge < -0.3 is 14.9 Å². The van der Waals surface area contributed by atoms with Crippen molar-refractivity contribution < 1.29 is 19.3 Å². The Bertz CT molecular complexity index is 743. The molecule has 1 saturated heterocycles. The van der Waals surface area contributed by atoms with Crippen LogP contribution in [-0.2, 0) is 13.1 Å². The summed E-state index contributed by atoms with van der Waals surface area (Å²) in [6.45, 7) is 4.32. The van der Waals surface area contributed by atoms with Gasteiger partial charge in [-0.1, -0.05) is 30.3 Å². The first-order chi connectivity index (χ1) is 13.7. The zero-order chi connectivity index (χ0) is 19.8. The van der Waals surface area contributed by atoms with E-state index in [0.29, 0.717) is 18.5 Å². The van der Waals surface area contributed by atoms with Crippen LogP contribution in [-0.4, -0.2) is 65.5 Å². The van der Waals surface area contributed by atoms with Crippen LogP contribution in [0.1, 0.15) is 17.5 Å². The van der Waals surface area contributed by atoms with E-state index in [2.05, 4.69) is 15.9 Å². The van der Waals surface area contributed by atoms with E-state index in [-0.39, 0.29) is 31.7 Å². The predicted octanol–water partition coefficient (Wildman–Crippen LogP) is 2.27. The van der Waals surface area contributed by atoms with Crippen LogP contribution >= 0.6 is 0 Å². The number of piperazine rings is 1. The Balaban J connectivity index is 1.61. The summed E-state index contributed by atoms with van der Waals surface area (Å²) in [6, 6.07) is 15.0. The number of halogens is 1. The third-order valence-electron chi connectivity index (χ3n) is 5.15. The van der Waals surface area contributed by atoms with Crippen molar-refractivity contribution in [2.75, 3.05) is 39.5 Å². The summed E-state index contributed by atoms with van der Waals surface area (Å²) in [6.07, 6.45) is 0.671. The molecule has 1 atom stereocenters. The zero-order valence-corrected chi connectivity index (χ0v) is 16.1. The standard InChI is InChI=1S/C22H29FN2O3/c23-22-7-2-1-5-19(22)16-25-10-9-24(17-20(25)8-11-26)15-18-4-3-6-21(14-18)28-13-12-27/h1-7,14,20,26-27H,8-13,15-17H2/t20-/m1/s1. The van der Waals surface area contributed by atoms with Gasteiger partial charge in [0, 0.05) is 50.9 Å². The third-order valence-corrected chi connectivity index (χ3v) is 5.15. The Morgan fingerprint density at radius 1 is 1.00 bits per heavy atom. The van der Waals surface area contributed by atoms with Gasteiger partial charge in [0.05, 0.1) is 6.61 Å². The molecule has 5 nitrogen and oxygen atoms in total. The van der Waals surface area contributed by atoms with Gasteiger partial charge in [0.1, 0.15) is 18.2 Å². The van der Waals surface area contributed by atoms with E-state index in [1.54, 1.807) is 6.07 Å². The van der Waals surface area contributed by atoms with E-state index in [9.17, 15) is 9.50 Å². The lowest BCUT2D eigenvalue weighted by Gasteiger charge is -2.41. The Kier molecular flexibility index (Phi) is 7.80. The fourth-order valence-corrected chi connectivity index (χ4v) is 3.73. The second-order valence-electron chi connectivity index (χ2n) is 7.18. The van der Waals surface area contributed by atoms with E-state index in [1.165, 1.54) is 6.07 Å². The van der Waals surface area contributed by atoms with Crippen molar-refractivity contribution in [3.05, 3.63) is 65.5 Å². The van der Waals surface area contributed by atoms with Crippen molar-refractivity contribution in [3.63, 3.8) is 0 Å². The summed E-state index contributed by atoms with van der Waals surface area (Å²) in [5.41, 5.74) is 1.85. The molecule has 2 N–H and O–H groups in total. The Morgan fingerprint density at radius 2 is 1.86 bits per heavy atom. The first kappa shape index (κ1) is 20.7. The highest BCUT2D eigenvalue weighted by atomic mass is 19.1. The van der Waals surface area contributed by atoms with Crippen LogP contribution in [0.5, 0.6) is 5.75 Å². The van der Waals surface area contributed by atoms with Crippen LogP contribution < -0.4 is 4.74 Å². The monoisotopic (exact) mass is 388 g/mol. The molecule has 152 valence electrons. The quantitative estimate of drug-likeness (QED) is 0.690. The van der Waals surface area contributed by atoms with Crippen LogP contribution in [0.25, 0.3) is 0 Å². The van der Waals surface area contributed by atoms with Crippen LogP contribution in [0.2, 0.25) is 0 Å². The molecule has 1 fully saturated rings. The number of hydrogen-bond acceptors (Lipinski definition) is 5. The van der Waals surface area contributed by atoms with Crippen molar-refractivity contribution in [2.24, 2.45) is 0 Å². The molecular formula is C22H29FN2O3. The molecule has 0 saturated carbocycles. The second kappa shape index (κ2) is 10.5. The summed E-state index contributed by atoms with van der Waals surface area (Å²) >= 11 is 0. The van der Waals surface area contributed by atoms with Gasteiger partial charge in [-0.15, -0.1) is 0 Å². The van der Waals surface area contributed by atoms with Crippen molar-refractivity contribution in [2.45, 2.75) is 25.6 Å². The maximum absolute atomic E-state index is 14.0. The molecule has 2 aromatic rings. The average molecular weight is 388 g/mol. The Morgan fingerprint density at radius 3 is 2.64 bits per heavy atom. The highest BCUT2D eigenvalue weighted by Gasteiger charge is 2.27. The lowest BCUT2D eigenvalue weighted by atomic mass is 10.1. The molecule has 1 aliphatic rings. The molecule has 0 spiro atoms. The SMILES string of the molecule is OCCOc1cccc(CN2CCN(Cc3ccccc3F)[C@H](CCO)C2)c1. The van der Waals surface area contributed by atoms with Gasteiger partial charge in [-0.3, -0.25) is 9.80 Å². The summed E-state index contributed by atoms with van der Waals surface area (Å²) in [4.78, 5) is 4.63. The minimum absolute atomic E-state index is 0.00294. The van der Waals surface area contributed by atoms with Gasteiger partial charge in [-0.25, -0.2) is 4.39 Å². The summed E-state index contributed by atoms with van der Waals surface area (Å²) < 4.78 is 19.5. The topological polar surface area (TPSA) is 56.2 Å². The summed E-state index contributed by atoms with van der Waals surface area (Å²) in [5.74, 6) is 0.587. The molecule has 0 aromatic heterocycles. The fourth-order valence-electron chi connectivity index (χ4n) is 3.73. The molecule has 0 aliphatic carbocycles. The number of aliphatic hydroxyl groups is 2. The largest absolute Gasteiger partial charge is 0.491 e. The van der Waals surface area contributed by atoms with Crippen LogP contribution in [0.15, 0.2) is 48.5 Å². The van der Waals surface area contributed by atoms with E-state index in [4.69, 9.17) is 9.84 Å². The molecule has 1 heterocycles. The highest BCUT2D eigenvalue weighted by molar-refractivity contribution is 5.28. The van der Waals surface area contributed by atoms with Gasteiger partial charge in [-0.2, -0.15) is 0 Å². The smallest absolute Gasteiger partial charge is 0.127 e. The fraction of sp³-hybridized carbons (Fsp3) is 0.455. The van der Waals surface area contributed by atoms with Gasteiger partial charge in [-0.05, 0) is 30.2 Å². The molecule has 2 aromatic carbocycles. The van der Waals surface area contributed by atoms with Gasteiger partial charge in [0.25, 0.3) is 0 Å². The van der Waals surface area contributed by atoms with E-state index >= 15 is 0 Å². The number of aliphatic hydroxyl groups excluding tert-OH is 2. The van der Waals surface area contributed by atoms with E-state index in [0.717, 1.165) is 37.5 Å². The average Bonchev–Trinajstić information content (AvgIpc) is 2.70.